The highest BCUT2D eigenvalue weighted by molar-refractivity contribution is 6.16. The van der Waals surface area contributed by atoms with Gasteiger partial charge in [-0.2, -0.15) is 5.10 Å². The molecular weight excluding hydrogens is 246 g/mol. The van der Waals surface area contributed by atoms with Crippen LogP contribution in [-0.4, -0.2) is 17.2 Å². The molecular formula is C14H16ClN3. The Bertz CT molecular complexity index is 517. The van der Waals surface area contributed by atoms with Gasteiger partial charge in [0.2, 0.25) is 0 Å². The molecule has 94 valence electrons. The Balaban J connectivity index is 2.31. The quantitative estimate of drug-likeness (QED) is 0.791. The predicted molar refractivity (Wildman–Crippen MR) is 75.6 cm³/mol. The highest BCUT2D eigenvalue weighted by Crippen LogP contribution is 2.23. The molecule has 1 aromatic heterocycles. The summed E-state index contributed by atoms with van der Waals surface area (Å²) in [5.41, 5.74) is 4.37. The molecule has 0 saturated heterocycles. The topological polar surface area (TPSA) is 29.0 Å². The van der Waals surface area contributed by atoms with Gasteiger partial charge in [-0.3, -0.25) is 0 Å². The molecule has 0 bridgehead atoms. The van der Waals surface area contributed by atoms with Crippen LogP contribution in [0.5, 0.6) is 0 Å². The van der Waals surface area contributed by atoms with E-state index in [1.54, 1.807) is 0 Å². The van der Waals surface area contributed by atoms with Crippen LogP contribution in [0.25, 0.3) is 0 Å². The first-order valence-corrected chi connectivity index (χ1v) is 6.34. The zero-order chi connectivity index (χ0) is 13.1. The number of hydrogen-bond acceptors (Lipinski definition) is 3. The van der Waals surface area contributed by atoms with Gasteiger partial charge in [-0.1, -0.05) is 6.07 Å². The van der Waals surface area contributed by atoms with Crippen molar-refractivity contribution in [2.24, 2.45) is 0 Å². The minimum Gasteiger partial charge on any atom is -0.328 e. The Labute approximate surface area is 112 Å². The van der Waals surface area contributed by atoms with Gasteiger partial charge in [-0.15, -0.1) is 16.7 Å². The van der Waals surface area contributed by atoms with Crippen molar-refractivity contribution in [1.29, 1.82) is 0 Å². The standard InChI is InChI=1S/C14H16ClN3/c1-10-6-11(2)8-13(7-10)18(3)14-5-4-12(9-15)16-17-14/h4-8H,9H2,1-3H3. The normalized spacial score (nSPS) is 10.4. The molecule has 0 atom stereocenters. The molecule has 0 saturated carbocycles. The van der Waals surface area contributed by atoms with Crippen molar-refractivity contribution in [2.75, 3.05) is 11.9 Å². The molecule has 2 rings (SSSR count). The minimum absolute atomic E-state index is 0.389. The highest BCUT2D eigenvalue weighted by Gasteiger charge is 2.07. The number of rotatable bonds is 3. The van der Waals surface area contributed by atoms with E-state index >= 15 is 0 Å². The van der Waals surface area contributed by atoms with Crippen molar-refractivity contribution >= 4 is 23.1 Å². The van der Waals surface area contributed by atoms with Crippen molar-refractivity contribution in [3.63, 3.8) is 0 Å². The summed E-state index contributed by atoms with van der Waals surface area (Å²) in [6.07, 6.45) is 0. The first kappa shape index (κ1) is 12.8. The third kappa shape index (κ3) is 2.79. The van der Waals surface area contributed by atoms with E-state index in [0.717, 1.165) is 17.2 Å². The molecule has 0 aliphatic rings. The second kappa shape index (κ2) is 5.36. The molecule has 1 aromatic carbocycles. The number of benzene rings is 1. The van der Waals surface area contributed by atoms with Crippen molar-refractivity contribution in [1.82, 2.24) is 10.2 Å². The largest absolute Gasteiger partial charge is 0.328 e. The summed E-state index contributed by atoms with van der Waals surface area (Å²) in [7, 11) is 1.98. The van der Waals surface area contributed by atoms with E-state index in [-0.39, 0.29) is 0 Å². The van der Waals surface area contributed by atoms with Crippen LogP contribution in [0.4, 0.5) is 11.5 Å². The second-order valence-electron chi connectivity index (χ2n) is 4.42. The van der Waals surface area contributed by atoms with Gasteiger partial charge in [-0.25, -0.2) is 0 Å². The van der Waals surface area contributed by atoms with E-state index < -0.39 is 0 Å². The van der Waals surface area contributed by atoms with Crippen LogP contribution in [0, 0.1) is 13.8 Å². The van der Waals surface area contributed by atoms with Crippen LogP contribution in [-0.2, 0) is 5.88 Å². The van der Waals surface area contributed by atoms with E-state index in [1.165, 1.54) is 11.1 Å². The van der Waals surface area contributed by atoms with Gasteiger partial charge in [0.25, 0.3) is 0 Å². The maximum absolute atomic E-state index is 5.70. The van der Waals surface area contributed by atoms with Crippen LogP contribution in [0.2, 0.25) is 0 Å². The predicted octanol–water partition coefficient (Wildman–Crippen LogP) is 3.60. The Morgan fingerprint density at radius 3 is 2.22 bits per heavy atom. The second-order valence-corrected chi connectivity index (χ2v) is 4.69. The molecule has 0 unspecified atom stereocenters. The smallest absolute Gasteiger partial charge is 0.155 e. The van der Waals surface area contributed by atoms with Gasteiger partial charge in [0, 0.05) is 12.7 Å². The fourth-order valence-electron chi connectivity index (χ4n) is 1.88. The summed E-state index contributed by atoms with van der Waals surface area (Å²) in [5, 5.41) is 8.24. The lowest BCUT2D eigenvalue weighted by molar-refractivity contribution is 0.942. The van der Waals surface area contributed by atoms with Gasteiger partial charge in [0.15, 0.2) is 5.82 Å². The Hall–Kier alpha value is -1.61. The van der Waals surface area contributed by atoms with Crippen LogP contribution >= 0.6 is 11.6 Å². The summed E-state index contributed by atoms with van der Waals surface area (Å²) in [6, 6.07) is 10.2. The molecule has 1 heterocycles. The molecule has 0 spiro atoms. The molecule has 0 N–H and O–H groups in total. The molecule has 18 heavy (non-hydrogen) atoms. The summed E-state index contributed by atoms with van der Waals surface area (Å²) in [6.45, 7) is 4.18. The lowest BCUT2D eigenvalue weighted by atomic mass is 10.1. The maximum Gasteiger partial charge on any atom is 0.155 e. The number of alkyl halides is 1. The van der Waals surface area contributed by atoms with E-state index in [4.69, 9.17) is 11.6 Å². The first-order valence-electron chi connectivity index (χ1n) is 5.81. The summed E-state index contributed by atoms with van der Waals surface area (Å²) in [4.78, 5) is 2.02. The van der Waals surface area contributed by atoms with Gasteiger partial charge in [-0.05, 0) is 49.2 Å². The van der Waals surface area contributed by atoms with Gasteiger partial charge in [0.05, 0.1) is 11.6 Å². The van der Waals surface area contributed by atoms with E-state index in [0.29, 0.717) is 5.88 Å². The Morgan fingerprint density at radius 1 is 1.06 bits per heavy atom. The van der Waals surface area contributed by atoms with Crippen LogP contribution in [0.1, 0.15) is 16.8 Å². The molecule has 2 aromatic rings. The van der Waals surface area contributed by atoms with Crippen LogP contribution in [0.15, 0.2) is 30.3 Å². The summed E-state index contributed by atoms with van der Waals surface area (Å²) in [5.74, 6) is 1.20. The molecule has 3 nitrogen and oxygen atoms in total. The van der Waals surface area contributed by atoms with Crippen molar-refractivity contribution in [3.05, 3.63) is 47.2 Å². The number of hydrogen-bond donors (Lipinski definition) is 0. The van der Waals surface area contributed by atoms with Crippen LogP contribution < -0.4 is 4.90 Å². The third-order valence-electron chi connectivity index (χ3n) is 2.78. The molecule has 0 radical (unpaired) electrons. The molecule has 4 heteroatoms. The molecule has 0 aliphatic heterocycles. The van der Waals surface area contributed by atoms with Gasteiger partial charge < -0.3 is 4.90 Å². The highest BCUT2D eigenvalue weighted by atomic mass is 35.5. The summed E-state index contributed by atoms with van der Waals surface area (Å²) < 4.78 is 0. The Kier molecular flexibility index (Phi) is 3.82. The van der Waals surface area contributed by atoms with Gasteiger partial charge in [0.1, 0.15) is 0 Å². The van der Waals surface area contributed by atoms with Crippen molar-refractivity contribution < 1.29 is 0 Å². The SMILES string of the molecule is Cc1cc(C)cc(N(C)c2ccc(CCl)nn2)c1. The average Bonchev–Trinajstić information content (AvgIpc) is 2.37. The zero-order valence-electron chi connectivity index (χ0n) is 10.8. The lowest BCUT2D eigenvalue weighted by Gasteiger charge is -2.19. The average molecular weight is 262 g/mol. The zero-order valence-corrected chi connectivity index (χ0v) is 11.6. The van der Waals surface area contributed by atoms with E-state index in [2.05, 4.69) is 42.2 Å². The molecule has 0 aliphatic carbocycles. The molecule has 0 fully saturated rings. The van der Waals surface area contributed by atoms with Crippen molar-refractivity contribution in [2.45, 2.75) is 19.7 Å². The molecule has 0 amide bonds. The van der Waals surface area contributed by atoms with Crippen LogP contribution in [0.3, 0.4) is 0 Å². The maximum atomic E-state index is 5.70. The number of aromatic nitrogens is 2. The van der Waals surface area contributed by atoms with Gasteiger partial charge >= 0.3 is 0 Å². The number of nitrogens with zero attached hydrogens (tertiary/aromatic N) is 3. The fourth-order valence-corrected chi connectivity index (χ4v) is 2.02. The monoisotopic (exact) mass is 261 g/mol. The number of anilines is 2. The fraction of sp³-hybridized carbons (Fsp3) is 0.286. The first-order chi connectivity index (χ1) is 8.60. The van der Waals surface area contributed by atoms with E-state index in [9.17, 15) is 0 Å². The third-order valence-corrected chi connectivity index (χ3v) is 3.05. The minimum atomic E-state index is 0.389. The Morgan fingerprint density at radius 2 is 1.72 bits per heavy atom. The number of aryl methyl sites for hydroxylation is 2. The van der Waals surface area contributed by atoms with E-state index in [1.807, 2.05) is 24.1 Å². The van der Waals surface area contributed by atoms with Crippen molar-refractivity contribution in [3.8, 4) is 0 Å². The summed E-state index contributed by atoms with van der Waals surface area (Å²) >= 11 is 5.70. The lowest BCUT2D eigenvalue weighted by Crippen LogP contribution is -2.12. The number of halogens is 1.